The van der Waals surface area contributed by atoms with Crippen LogP contribution < -0.4 is 30.5 Å². The molecule has 1 spiro atoms. The fourth-order valence-corrected chi connectivity index (χ4v) is 14.3. The Bertz CT molecular complexity index is 2730. The maximum atomic E-state index is 4.92. The van der Waals surface area contributed by atoms with E-state index in [1.807, 2.05) is 30.6 Å². The predicted molar refractivity (Wildman–Crippen MR) is 216 cm³/mol. The average molecular weight is 682 g/mol. The Morgan fingerprint density at radius 2 is 0.904 bits per heavy atom. The molecule has 0 saturated carbocycles. The molecule has 6 aromatic carbocycles. The number of benzene rings is 6. The normalized spacial score (nSPS) is 13.8. The monoisotopic (exact) mass is 681 g/mol. The topological polar surface area (TPSA) is 37.2 Å². The van der Waals surface area contributed by atoms with Gasteiger partial charge in [-0.15, -0.1) is 0 Å². The highest BCUT2D eigenvalue weighted by atomic mass is 28.3. The summed E-state index contributed by atoms with van der Waals surface area (Å²) in [4.78, 5) is 14.6. The van der Waals surface area contributed by atoms with E-state index in [0.717, 1.165) is 39.1 Å². The quantitative estimate of drug-likeness (QED) is 0.175. The van der Waals surface area contributed by atoms with E-state index in [-0.39, 0.29) is 0 Å². The minimum absolute atomic E-state index is 0.879. The third-order valence-corrected chi connectivity index (χ3v) is 15.8. The van der Waals surface area contributed by atoms with Crippen molar-refractivity contribution in [2.75, 3.05) is 9.80 Å². The van der Waals surface area contributed by atoms with Crippen molar-refractivity contribution in [2.45, 2.75) is 0 Å². The standard InChI is InChI=1S/C46H31N5Si/c1-2-15-32(16-3-1)49-36-17-4-8-22-41(36)52(42-23-9-5-18-37(42)49)43-24-10-6-19-38(43)50(39-20-7-11-25-44(39)52)33-27-28-35-34(31-33)46-40(21-14-30-48-46)51(35)45-26-12-13-29-47-45/h1-31H. The molecule has 0 saturated heterocycles. The second-order valence-corrected chi connectivity index (χ2v) is 17.1. The number of para-hydroxylation sites is 5. The number of aromatic nitrogens is 3. The second kappa shape index (κ2) is 11.1. The van der Waals surface area contributed by atoms with Crippen molar-refractivity contribution in [3.8, 4) is 5.82 Å². The van der Waals surface area contributed by atoms with E-state index < -0.39 is 8.07 Å². The lowest BCUT2D eigenvalue weighted by Gasteiger charge is -2.50. The minimum atomic E-state index is -2.85. The molecule has 5 nitrogen and oxygen atoms in total. The molecule has 0 unspecified atom stereocenters. The minimum Gasteiger partial charge on any atom is -0.311 e. The van der Waals surface area contributed by atoms with Gasteiger partial charge in [0.2, 0.25) is 0 Å². The molecule has 5 heterocycles. The molecule has 0 radical (unpaired) electrons. The SMILES string of the molecule is c1ccc(N2c3ccccc3[Si]3(c4ccccc42)c2ccccc2N(c2ccc4c(c2)c2ncccc2n4-c2ccccn2)c2ccccc23)cc1. The van der Waals surface area contributed by atoms with Crippen molar-refractivity contribution < 1.29 is 0 Å². The summed E-state index contributed by atoms with van der Waals surface area (Å²) < 4.78 is 2.22. The predicted octanol–water partition coefficient (Wildman–Crippen LogP) is 8.52. The Balaban J connectivity index is 1.20. The van der Waals surface area contributed by atoms with E-state index in [9.17, 15) is 0 Å². The number of fused-ring (bicyclic) bond motifs is 11. The summed E-state index contributed by atoms with van der Waals surface area (Å²) in [7, 11) is -2.85. The summed E-state index contributed by atoms with van der Waals surface area (Å²) in [6.07, 6.45) is 3.73. The lowest BCUT2D eigenvalue weighted by Crippen LogP contribution is -2.79. The van der Waals surface area contributed by atoms with Gasteiger partial charge in [-0.3, -0.25) is 9.55 Å². The Morgan fingerprint density at radius 3 is 1.48 bits per heavy atom. The molecule has 0 fully saturated rings. The average Bonchev–Trinajstić information content (AvgIpc) is 3.55. The van der Waals surface area contributed by atoms with Crippen LogP contribution in [0.5, 0.6) is 0 Å². The van der Waals surface area contributed by atoms with Gasteiger partial charge in [-0.1, -0.05) is 97.1 Å². The fourth-order valence-electron chi connectivity index (χ4n) is 8.90. The molecule has 0 bridgehead atoms. The van der Waals surface area contributed by atoms with Crippen molar-refractivity contribution in [3.63, 3.8) is 0 Å². The van der Waals surface area contributed by atoms with E-state index in [2.05, 4.69) is 172 Å². The van der Waals surface area contributed by atoms with Crippen LogP contribution in [0.4, 0.5) is 34.1 Å². The van der Waals surface area contributed by atoms with Gasteiger partial charge < -0.3 is 9.80 Å². The van der Waals surface area contributed by atoms with Crippen LogP contribution in [-0.4, -0.2) is 22.6 Å². The van der Waals surface area contributed by atoms with Crippen LogP contribution in [-0.2, 0) is 0 Å². The Labute approximate surface area is 302 Å². The van der Waals surface area contributed by atoms with Crippen LogP contribution in [0, 0.1) is 0 Å². The molecule has 3 aromatic heterocycles. The second-order valence-electron chi connectivity index (χ2n) is 13.4. The molecule has 52 heavy (non-hydrogen) atoms. The number of hydrogen-bond acceptors (Lipinski definition) is 4. The molecule has 244 valence electrons. The Morgan fingerprint density at radius 1 is 0.385 bits per heavy atom. The first-order chi connectivity index (χ1) is 25.8. The lowest BCUT2D eigenvalue weighted by molar-refractivity contribution is 1.08. The van der Waals surface area contributed by atoms with Gasteiger partial charge in [0.15, 0.2) is 8.07 Å². The molecular weight excluding hydrogens is 651 g/mol. The molecule has 0 atom stereocenters. The van der Waals surface area contributed by atoms with Crippen LogP contribution in [0.3, 0.4) is 0 Å². The van der Waals surface area contributed by atoms with Crippen LogP contribution in [0.15, 0.2) is 188 Å². The third kappa shape index (κ3) is 3.87. The fraction of sp³-hybridized carbons (Fsp3) is 0. The highest BCUT2D eigenvalue weighted by molar-refractivity contribution is 7.23. The third-order valence-electron chi connectivity index (χ3n) is 10.9. The van der Waals surface area contributed by atoms with Gasteiger partial charge in [0.05, 0.1) is 16.6 Å². The number of rotatable bonds is 3. The van der Waals surface area contributed by atoms with Crippen molar-refractivity contribution in [3.05, 3.63) is 188 Å². The highest BCUT2D eigenvalue weighted by Gasteiger charge is 2.53. The Hall–Kier alpha value is -6.76. The maximum absolute atomic E-state index is 4.92. The van der Waals surface area contributed by atoms with Crippen molar-refractivity contribution in [1.29, 1.82) is 0 Å². The first kappa shape index (κ1) is 29.0. The molecule has 0 amide bonds. The lowest BCUT2D eigenvalue weighted by atomic mass is 10.1. The molecule has 6 heteroatoms. The number of nitrogens with zero attached hydrogens (tertiary/aromatic N) is 5. The molecule has 9 aromatic rings. The maximum Gasteiger partial charge on any atom is 0.188 e. The van der Waals surface area contributed by atoms with Crippen molar-refractivity contribution in [2.24, 2.45) is 0 Å². The zero-order chi connectivity index (χ0) is 34.2. The van der Waals surface area contributed by atoms with E-state index in [1.165, 1.54) is 43.5 Å². The summed E-state index contributed by atoms with van der Waals surface area (Å²) >= 11 is 0. The zero-order valence-electron chi connectivity index (χ0n) is 28.1. The van der Waals surface area contributed by atoms with Crippen molar-refractivity contribution in [1.82, 2.24) is 14.5 Å². The summed E-state index contributed by atoms with van der Waals surface area (Å²) in [5.74, 6) is 0.879. The van der Waals surface area contributed by atoms with Crippen LogP contribution in [0.25, 0.3) is 27.8 Å². The molecule has 2 aliphatic rings. The number of pyridine rings is 2. The first-order valence-corrected chi connectivity index (χ1v) is 19.7. The van der Waals surface area contributed by atoms with Crippen LogP contribution >= 0.6 is 0 Å². The largest absolute Gasteiger partial charge is 0.311 e. The number of hydrogen-bond donors (Lipinski definition) is 0. The number of anilines is 6. The van der Waals surface area contributed by atoms with Gasteiger partial charge in [-0.25, -0.2) is 4.98 Å². The molecular formula is C46H31N5Si. The van der Waals surface area contributed by atoms with E-state index in [1.54, 1.807) is 0 Å². The van der Waals surface area contributed by atoms with Crippen LogP contribution in [0.2, 0.25) is 0 Å². The molecule has 0 N–H and O–H groups in total. The molecule has 11 rings (SSSR count). The smallest absolute Gasteiger partial charge is 0.188 e. The first-order valence-electron chi connectivity index (χ1n) is 17.7. The molecule has 2 aliphatic heterocycles. The van der Waals surface area contributed by atoms with Gasteiger partial charge in [0.1, 0.15) is 5.82 Å². The van der Waals surface area contributed by atoms with Gasteiger partial charge in [-0.2, -0.15) is 0 Å². The van der Waals surface area contributed by atoms with Gasteiger partial charge in [-0.05, 0) is 99.6 Å². The van der Waals surface area contributed by atoms with E-state index >= 15 is 0 Å². The van der Waals surface area contributed by atoms with E-state index in [4.69, 9.17) is 9.97 Å². The van der Waals surface area contributed by atoms with Crippen molar-refractivity contribution >= 4 is 84.9 Å². The zero-order valence-corrected chi connectivity index (χ0v) is 29.1. The molecule has 0 aliphatic carbocycles. The van der Waals surface area contributed by atoms with Gasteiger partial charge in [0.25, 0.3) is 0 Å². The van der Waals surface area contributed by atoms with Gasteiger partial charge in [0, 0.05) is 51.9 Å². The summed E-state index contributed by atoms with van der Waals surface area (Å²) in [6.45, 7) is 0. The van der Waals surface area contributed by atoms with Crippen LogP contribution in [0.1, 0.15) is 0 Å². The van der Waals surface area contributed by atoms with E-state index in [0.29, 0.717) is 0 Å². The van der Waals surface area contributed by atoms with Gasteiger partial charge >= 0.3 is 0 Å². The Kier molecular flexibility index (Phi) is 6.20. The summed E-state index contributed by atoms with van der Waals surface area (Å²) in [5.41, 5.74) is 10.3. The highest BCUT2D eigenvalue weighted by Crippen LogP contribution is 2.44. The summed E-state index contributed by atoms with van der Waals surface area (Å²) in [6, 6.07) is 64.2. The summed E-state index contributed by atoms with van der Waals surface area (Å²) in [5, 5.41) is 6.66.